The van der Waals surface area contributed by atoms with Gasteiger partial charge in [0.25, 0.3) is 5.91 Å². The molecular formula is C13H15F3N2O3. The van der Waals surface area contributed by atoms with Gasteiger partial charge in [0.1, 0.15) is 18.5 Å². The maximum Gasteiger partial charge on any atom is 0.416 e. The Morgan fingerprint density at radius 3 is 2.86 bits per heavy atom. The molecule has 2 atom stereocenters. The van der Waals surface area contributed by atoms with E-state index in [2.05, 4.69) is 0 Å². The predicted molar refractivity (Wildman–Crippen MR) is 67.2 cm³/mol. The topological polar surface area (TPSA) is 73.6 Å². The average Bonchev–Trinajstić information content (AvgIpc) is 2.92. The van der Waals surface area contributed by atoms with Crippen molar-refractivity contribution in [1.29, 1.82) is 0 Å². The van der Waals surface area contributed by atoms with E-state index in [0.29, 0.717) is 12.8 Å². The first kappa shape index (κ1) is 15.6. The van der Waals surface area contributed by atoms with E-state index in [-0.39, 0.29) is 18.5 Å². The van der Waals surface area contributed by atoms with Gasteiger partial charge in [-0.2, -0.15) is 13.2 Å². The Morgan fingerprint density at radius 2 is 2.19 bits per heavy atom. The zero-order valence-corrected chi connectivity index (χ0v) is 11.0. The lowest BCUT2D eigenvalue weighted by Gasteiger charge is -2.14. The molecule has 1 aromatic rings. The smallest absolute Gasteiger partial charge is 0.416 e. The molecule has 1 aromatic carbocycles. The fourth-order valence-electron chi connectivity index (χ4n) is 2.07. The second-order valence-electron chi connectivity index (χ2n) is 4.67. The molecule has 1 aliphatic rings. The summed E-state index contributed by atoms with van der Waals surface area (Å²) in [4.78, 5) is 11.3. The van der Waals surface area contributed by atoms with Gasteiger partial charge < -0.3 is 9.47 Å². The molecule has 1 heterocycles. The summed E-state index contributed by atoms with van der Waals surface area (Å²) < 4.78 is 48.3. The summed E-state index contributed by atoms with van der Waals surface area (Å²) in [6, 6.07) is 4.62. The number of hydrazine groups is 1. The van der Waals surface area contributed by atoms with Crippen molar-refractivity contribution >= 4 is 5.91 Å². The lowest BCUT2D eigenvalue weighted by Crippen LogP contribution is -2.39. The van der Waals surface area contributed by atoms with Gasteiger partial charge in [-0.3, -0.25) is 10.2 Å². The van der Waals surface area contributed by atoms with Gasteiger partial charge in [0.15, 0.2) is 0 Å². The third kappa shape index (κ3) is 4.08. The van der Waals surface area contributed by atoms with E-state index in [9.17, 15) is 18.0 Å². The highest BCUT2D eigenvalue weighted by Crippen LogP contribution is 2.31. The van der Waals surface area contributed by atoms with Crippen molar-refractivity contribution < 1.29 is 27.4 Å². The van der Waals surface area contributed by atoms with Crippen LogP contribution in [0.25, 0.3) is 0 Å². The van der Waals surface area contributed by atoms with Crippen LogP contribution in [-0.4, -0.2) is 24.7 Å². The van der Waals surface area contributed by atoms with Crippen molar-refractivity contribution in [2.75, 3.05) is 6.61 Å². The number of amides is 1. The summed E-state index contributed by atoms with van der Waals surface area (Å²) in [5, 5.41) is 0. The van der Waals surface area contributed by atoms with Crippen LogP contribution in [0.4, 0.5) is 13.2 Å². The van der Waals surface area contributed by atoms with Crippen LogP contribution < -0.4 is 16.0 Å². The molecule has 0 saturated carbocycles. The highest BCUT2D eigenvalue weighted by atomic mass is 19.4. The van der Waals surface area contributed by atoms with Crippen molar-refractivity contribution in [3.63, 3.8) is 0 Å². The number of carbonyl (C=O) groups excluding carboxylic acids is 1. The number of hydrogen-bond acceptors (Lipinski definition) is 4. The molecule has 2 rings (SSSR count). The Bertz CT molecular complexity index is 508. The van der Waals surface area contributed by atoms with Gasteiger partial charge in [-0.15, -0.1) is 0 Å². The Kier molecular flexibility index (Phi) is 4.69. The quantitative estimate of drug-likeness (QED) is 0.504. The third-order valence-electron chi connectivity index (χ3n) is 3.14. The van der Waals surface area contributed by atoms with Gasteiger partial charge in [-0.05, 0) is 31.0 Å². The summed E-state index contributed by atoms with van der Waals surface area (Å²) in [5.74, 6) is 4.69. The highest BCUT2D eigenvalue weighted by Gasteiger charge is 2.32. The number of nitrogens with two attached hydrogens (primary N) is 1. The summed E-state index contributed by atoms with van der Waals surface area (Å²) in [6.45, 7) is 0.0790. The number of halogens is 3. The SMILES string of the molecule is NNC(=O)C1CCC(COc2cccc(C(F)(F)F)c2)O1. The van der Waals surface area contributed by atoms with Gasteiger partial charge in [-0.25, -0.2) is 5.84 Å². The maximum absolute atomic E-state index is 12.6. The minimum absolute atomic E-state index is 0.0790. The minimum Gasteiger partial charge on any atom is -0.491 e. The largest absolute Gasteiger partial charge is 0.491 e. The van der Waals surface area contributed by atoms with E-state index >= 15 is 0 Å². The molecular weight excluding hydrogens is 289 g/mol. The van der Waals surface area contributed by atoms with Crippen molar-refractivity contribution in [3.05, 3.63) is 29.8 Å². The van der Waals surface area contributed by atoms with Crippen LogP contribution in [0.1, 0.15) is 18.4 Å². The van der Waals surface area contributed by atoms with Crippen LogP contribution in [0, 0.1) is 0 Å². The molecule has 1 saturated heterocycles. The van der Waals surface area contributed by atoms with E-state index in [1.54, 1.807) is 0 Å². The lowest BCUT2D eigenvalue weighted by molar-refractivity contribution is -0.138. The van der Waals surface area contributed by atoms with Crippen LogP contribution >= 0.6 is 0 Å². The first-order valence-electron chi connectivity index (χ1n) is 6.36. The molecule has 1 aliphatic heterocycles. The Hall–Kier alpha value is -1.80. The van der Waals surface area contributed by atoms with Crippen molar-refractivity contribution in [2.45, 2.75) is 31.2 Å². The van der Waals surface area contributed by atoms with Crippen LogP contribution in [-0.2, 0) is 15.7 Å². The van der Waals surface area contributed by atoms with E-state index in [0.717, 1.165) is 12.1 Å². The predicted octanol–water partition coefficient (Wildman–Crippen LogP) is 1.62. The van der Waals surface area contributed by atoms with Gasteiger partial charge in [-0.1, -0.05) is 6.07 Å². The Labute approximate surface area is 119 Å². The number of hydrogen-bond donors (Lipinski definition) is 2. The van der Waals surface area contributed by atoms with Gasteiger partial charge in [0, 0.05) is 0 Å². The number of nitrogens with one attached hydrogen (secondary N) is 1. The molecule has 3 N–H and O–H groups in total. The zero-order chi connectivity index (χ0) is 15.5. The summed E-state index contributed by atoms with van der Waals surface area (Å²) in [6.07, 6.45) is -4.31. The fourth-order valence-corrected chi connectivity index (χ4v) is 2.07. The summed E-state index contributed by atoms with van der Waals surface area (Å²) >= 11 is 0. The van der Waals surface area contributed by atoms with Crippen molar-refractivity contribution in [1.82, 2.24) is 5.43 Å². The zero-order valence-electron chi connectivity index (χ0n) is 11.0. The standard InChI is InChI=1S/C13H15F3N2O3/c14-13(15,16)8-2-1-3-9(6-8)20-7-10-4-5-11(21-10)12(19)18-17/h1-3,6,10-11H,4-5,7,17H2,(H,18,19). The Morgan fingerprint density at radius 1 is 1.43 bits per heavy atom. The lowest BCUT2D eigenvalue weighted by atomic mass is 10.2. The number of benzene rings is 1. The minimum atomic E-state index is -4.41. The second-order valence-corrected chi connectivity index (χ2v) is 4.67. The number of carbonyl (C=O) groups is 1. The first-order valence-corrected chi connectivity index (χ1v) is 6.36. The van der Waals surface area contributed by atoms with Crippen LogP contribution in [0.15, 0.2) is 24.3 Å². The number of ether oxygens (including phenoxy) is 2. The fraction of sp³-hybridized carbons (Fsp3) is 0.462. The van der Waals surface area contributed by atoms with Gasteiger partial charge >= 0.3 is 6.18 Å². The molecule has 0 aromatic heterocycles. The maximum atomic E-state index is 12.6. The molecule has 0 radical (unpaired) electrons. The normalized spacial score (nSPS) is 22.1. The van der Waals surface area contributed by atoms with Crippen molar-refractivity contribution in [2.24, 2.45) is 5.84 Å². The van der Waals surface area contributed by atoms with Gasteiger partial charge in [0.05, 0.1) is 11.7 Å². The van der Waals surface area contributed by atoms with Crippen LogP contribution in [0.3, 0.4) is 0 Å². The average molecular weight is 304 g/mol. The molecule has 0 spiro atoms. The number of rotatable bonds is 4. The van der Waals surface area contributed by atoms with Crippen LogP contribution in [0.2, 0.25) is 0 Å². The molecule has 8 heteroatoms. The molecule has 2 unspecified atom stereocenters. The molecule has 21 heavy (non-hydrogen) atoms. The molecule has 5 nitrogen and oxygen atoms in total. The molecule has 1 fully saturated rings. The summed E-state index contributed by atoms with van der Waals surface area (Å²) in [7, 11) is 0. The van der Waals surface area contributed by atoms with E-state index in [1.807, 2.05) is 5.43 Å². The molecule has 0 aliphatic carbocycles. The molecule has 1 amide bonds. The Balaban J connectivity index is 1.88. The third-order valence-corrected chi connectivity index (χ3v) is 3.14. The van der Waals surface area contributed by atoms with Crippen molar-refractivity contribution in [3.8, 4) is 5.75 Å². The van der Waals surface area contributed by atoms with E-state index in [4.69, 9.17) is 15.3 Å². The van der Waals surface area contributed by atoms with Crippen LogP contribution in [0.5, 0.6) is 5.75 Å². The van der Waals surface area contributed by atoms with E-state index < -0.39 is 23.8 Å². The second kappa shape index (κ2) is 6.31. The van der Waals surface area contributed by atoms with E-state index in [1.165, 1.54) is 12.1 Å². The monoisotopic (exact) mass is 304 g/mol. The first-order chi connectivity index (χ1) is 9.90. The summed E-state index contributed by atoms with van der Waals surface area (Å²) in [5.41, 5.74) is 1.22. The highest BCUT2D eigenvalue weighted by molar-refractivity contribution is 5.80. The van der Waals surface area contributed by atoms with Gasteiger partial charge in [0.2, 0.25) is 0 Å². The molecule has 0 bridgehead atoms. The number of alkyl halides is 3. The molecule has 116 valence electrons.